The molecular weight excluding hydrogens is 392 g/mol. The number of fused-ring (bicyclic) bond motifs is 2. The van der Waals surface area contributed by atoms with Gasteiger partial charge in [-0.15, -0.1) is 0 Å². The summed E-state index contributed by atoms with van der Waals surface area (Å²) in [5.74, 6) is 1.82. The van der Waals surface area contributed by atoms with E-state index in [1.54, 1.807) is 30.7 Å². The van der Waals surface area contributed by atoms with Crippen molar-refractivity contribution in [1.82, 2.24) is 14.9 Å². The highest BCUT2D eigenvalue weighted by Gasteiger charge is 2.17. The Labute approximate surface area is 182 Å². The minimum absolute atomic E-state index is 0.0597. The van der Waals surface area contributed by atoms with E-state index in [0.717, 1.165) is 37.1 Å². The van der Waals surface area contributed by atoms with Crippen molar-refractivity contribution in [2.45, 2.75) is 25.8 Å². The molecule has 0 atom stereocenters. The molecule has 1 N–H and O–H groups in total. The van der Waals surface area contributed by atoms with Gasteiger partial charge in [0.05, 0.1) is 13.2 Å². The van der Waals surface area contributed by atoms with Crippen LogP contribution in [0.15, 0.2) is 67.1 Å². The van der Waals surface area contributed by atoms with Gasteiger partial charge in [-0.05, 0) is 56.1 Å². The summed E-state index contributed by atoms with van der Waals surface area (Å²) in [5, 5.41) is 2.94. The Morgan fingerprint density at radius 3 is 2.68 bits per heavy atom. The summed E-state index contributed by atoms with van der Waals surface area (Å²) in [4.78, 5) is 23.2. The van der Waals surface area contributed by atoms with Gasteiger partial charge in [-0.3, -0.25) is 14.7 Å². The highest BCUT2D eigenvalue weighted by atomic mass is 16.5. The molecule has 0 aliphatic carbocycles. The summed E-state index contributed by atoms with van der Waals surface area (Å²) in [5.41, 5.74) is 1.67. The van der Waals surface area contributed by atoms with Crippen LogP contribution in [-0.2, 0) is 11.3 Å². The van der Waals surface area contributed by atoms with E-state index in [0.29, 0.717) is 30.5 Å². The molecule has 1 aliphatic rings. The molecule has 3 heterocycles. The van der Waals surface area contributed by atoms with Gasteiger partial charge in [-0.25, -0.2) is 4.98 Å². The lowest BCUT2D eigenvalue weighted by molar-refractivity contribution is -0.117. The molecule has 7 nitrogen and oxygen atoms in total. The van der Waals surface area contributed by atoms with Gasteiger partial charge in [0.15, 0.2) is 11.5 Å². The first-order valence-electron chi connectivity index (χ1n) is 10.5. The molecule has 0 bridgehead atoms. The third-order valence-electron chi connectivity index (χ3n) is 5.01. The molecule has 2 aromatic heterocycles. The van der Waals surface area contributed by atoms with E-state index in [1.165, 1.54) is 0 Å². The number of carbonyl (C=O) groups is 1. The van der Waals surface area contributed by atoms with Crippen molar-refractivity contribution in [3.8, 4) is 17.4 Å². The van der Waals surface area contributed by atoms with Crippen molar-refractivity contribution >= 4 is 11.6 Å². The number of benzene rings is 1. The molecule has 0 spiro atoms. The predicted molar refractivity (Wildman–Crippen MR) is 118 cm³/mol. The van der Waals surface area contributed by atoms with Crippen molar-refractivity contribution in [3.63, 3.8) is 0 Å². The zero-order valence-corrected chi connectivity index (χ0v) is 17.4. The second-order valence-corrected chi connectivity index (χ2v) is 7.42. The highest BCUT2D eigenvalue weighted by molar-refractivity contribution is 5.92. The van der Waals surface area contributed by atoms with E-state index in [1.807, 2.05) is 36.4 Å². The number of ether oxygens (including phenoxy) is 2. The average molecular weight is 418 g/mol. The van der Waals surface area contributed by atoms with Crippen LogP contribution < -0.4 is 14.8 Å². The summed E-state index contributed by atoms with van der Waals surface area (Å²) in [7, 11) is 0. The Morgan fingerprint density at radius 2 is 1.81 bits per heavy atom. The minimum Gasteiger partial charge on any atom is -0.490 e. The van der Waals surface area contributed by atoms with Crippen LogP contribution in [0.5, 0.6) is 17.4 Å². The fraction of sp³-hybridized carbons (Fsp3) is 0.292. The van der Waals surface area contributed by atoms with Crippen LogP contribution in [0.4, 0.5) is 5.69 Å². The number of nitrogens with one attached hydrogen (secondary N) is 1. The average Bonchev–Trinajstić information content (AvgIpc) is 2.80. The van der Waals surface area contributed by atoms with Crippen LogP contribution in [-0.4, -0.2) is 40.5 Å². The van der Waals surface area contributed by atoms with Gasteiger partial charge >= 0.3 is 0 Å². The maximum atomic E-state index is 12.6. The molecule has 1 aromatic carbocycles. The zero-order chi connectivity index (χ0) is 21.3. The maximum Gasteiger partial charge on any atom is 0.238 e. The van der Waals surface area contributed by atoms with Crippen molar-refractivity contribution in [2.75, 3.05) is 25.0 Å². The summed E-state index contributed by atoms with van der Waals surface area (Å²) < 4.78 is 12.1. The topological polar surface area (TPSA) is 76.6 Å². The van der Waals surface area contributed by atoms with Crippen LogP contribution in [0.25, 0.3) is 0 Å². The normalized spacial score (nSPS) is 15.0. The van der Waals surface area contributed by atoms with E-state index in [2.05, 4.69) is 20.2 Å². The number of nitrogens with zero attached hydrogens (tertiary/aromatic N) is 3. The van der Waals surface area contributed by atoms with Crippen LogP contribution in [0, 0.1) is 0 Å². The Morgan fingerprint density at radius 1 is 0.968 bits per heavy atom. The number of carbonyl (C=O) groups excluding carboxylic acids is 1. The van der Waals surface area contributed by atoms with Gasteiger partial charge in [-0.2, -0.15) is 0 Å². The first-order chi connectivity index (χ1) is 15.3. The maximum absolute atomic E-state index is 12.6. The Hall–Kier alpha value is -3.45. The van der Waals surface area contributed by atoms with E-state index < -0.39 is 0 Å². The molecule has 7 heteroatoms. The minimum atomic E-state index is -0.0597. The van der Waals surface area contributed by atoms with E-state index in [4.69, 9.17) is 9.47 Å². The lowest BCUT2D eigenvalue weighted by Gasteiger charge is -2.22. The van der Waals surface area contributed by atoms with Gasteiger partial charge < -0.3 is 14.8 Å². The summed E-state index contributed by atoms with van der Waals surface area (Å²) in [6.07, 6.45) is 7.97. The van der Waals surface area contributed by atoms with Gasteiger partial charge in [0, 0.05) is 36.4 Å². The van der Waals surface area contributed by atoms with Crippen molar-refractivity contribution in [3.05, 3.63) is 72.7 Å². The molecule has 0 fully saturated rings. The monoisotopic (exact) mass is 418 g/mol. The molecule has 160 valence electrons. The molecular formula is C24H26N4O3. The third-order valence-corrected chi connectivity index (χ3v) is 5.01. The van der Waals surface area contributed by atoms with Crippen LogP contribution in [0.2, 0.25) is 0 Å². The Balaban J connectivity index is 1.53. The number of aromatic nitrogens is 2. The highest BCUT2D eigenvalue weighted by Crippen LogP contribution is 2.32. The number of pyridine rings is 2. The summed E-state index contributed by atoms with van der Waals surface area (Å²) in [6.45, 7) is 2.27. The molecule has 0 saturated heterocycles. The second kappa shape index (κ2) is 10.5. The fourth-order valence-corrected chi connectivity index (χ4v) is 3.48. The number of anilines is 1. The largest absolute Gasteiger partial charge is 0.490 e. The molecule has 0 radical (unpaired) electrons. The SMILES string of the molecule is O=C(CN1CCCCCOc2ccccc2Oc2ncccc2C1)Nc1ccncc1. The van der Waals surface area contributed by atoms with Gasteiger partial charge in [0.2, 0.25) is 11.8 Å². The third kappa shape index (κ3) is 6.02. The lowest BCUT2D eigenvalue weighted by atomic mass is 10.2. The number of para-hydroxylation sites is 2. The standard InChI is InChI=1S/C24H26N4O3/c29-23(27-20-10-13-25-14-11-20)18-28-15-4-1-5-16-30-21-8-2-3-9-22(21)31-24-19(17-28)7-6-12-26-24/h2-3,6-14H,1,4-5,15-18H2,(H,25,27,29). The van der Waals surface area contributed by atoms with E-state index >= 15 is 0 Å². The predicted octanol–water partition coefficient (Wildman–Crippen LogP) is 4.27. The molecule has 4 rings (SSSR count). The van der Waals surface area contributed by atoms with E-state index in [-0.39, 0.29) is 12.5 Å². The van der Waals surface area contributed by atoms with Crippen LogP contribution in [0.3, 0.4) is 0 Å². The van der Waals surface area contributed by atoms with Crippen LogP contribution in [0.1, 0.15) is 24.8 Å². The number of hydrogen-bond acceptors (Lipinski definition) is 6. The number of hydrogen-bond donors (Lipinski definition) is 1. The van der Waals surface area contributed by atoms with Gasteiger partial charge in [0.1, 0.15) is 0 Å². The van der Waals surface area contributed by atoms with Crippen LogP contribution >= 0.6 is 0 Å². The lowest BCUT2D eigenvalue weighted by Crippen LogP contribution is -2.33. The van der Waals surface area contributed by atoms with Gasteiger partial charge in [0.25, 0.3) is 0 Å². The summed E-state index contributed by atoms with van der Waals surface area (Å²) in [6, 6.07) is 15.1. The molecule has 3 aromatic rings. The number of amides is 1. The smallest absolute Gasteiger partial charge is 0.238 e. The molecule has 1 aliphatic heterocycles. The zero-order valence-electron chi connectivity index (χ0n) is 17.4. The van der Waals surface area contributed by atoms with E-state index in [9.17, 15) is 4.79 Å². The fourth-order valence-electron chi connectivity index (χ4n) is 3.48. The number of rotatable bonds is 3. The summed E-state index contributed by atoms with van der Waals surface area (Å²) >= 11 is 0. The first kappa shape index (κ1) is 20.8. The Kier molecular flexibility index (Phi) is 7.08. The first-order valence-corrected chi connectivity index (χ1v) is 10.5. The van der Waals surface area contributed by atoms with Crippen molar-refractivity contribution in [1.29, 1.82) is 0 Å². The Bertz CT molecular complexity index is 997. The molecule has 31 heavy (non-hydrogen) atoms. The van der Waals surface area contributed by atoms with Crippen molar-refractivity contribution < 1.29 is 14.3 Å². The second-order valence-electron chi connectivity index (χ2n) is 7.42. The van der Waals surface area contributed by atoms with Gasteiger partial charge in [-0.1, -0.05) is 18.2 Å². The van der Waals surface area contributed by atoms with Crippen molar-refractivity contribution in [2.24, 2.45) is 0 Å². The quantitative estimate of drug-likeness (QED) is 0.684. The molecule has 0 unspecified atom stereocenters. The molecule has 1 amide bonds. The molecule has 0 saturated carbocycles.